The molecule has 0 spiro atoms. The second-order valence-electron chi connectivity index (χ2n) is 7.19. The Morgan fingerprint density at radius 3 is 2.58 bits per heavy atom. The number of aromatic amines is 1. The number of nitrogens with one attached hydrogen (secondary N) is 2. The van der Waals surface area contributed by atoms with E-state index in [1.165, 1.54) is 6.92 Å². The molecule has 7 heteroatoms. The first-order chi connectivity index (χ1) is 14.9. The van der Waals surface area contributed by atoms with Gasteiger partial charge >= 0.3 is 5.97 Å². The van der Waals surface area contributed by atoms with Crippen LogP contribution in [0.15, 0.2) is 66.7 Å². The van der Waals surface area contributed by atoms with Gasteiger partial charge in [0.25, 0.3) is 0 Å². The third-order valence-corrected chi connectivity index (χ3v) is 5.06. The summed E-state index contributed by atoms with van der Waals surface area (Å²) in [5.74, 6) is -0.248. The minimum absolute atomic E-state index is 0.211. The number of hydrogen-bond donors (Lipinski definition) is 2. The Balaban J connectivity index is 1.70. The van der Waals surface area contributed by atoms with E-state index in [4.69, 9.17) is 16.3 Å². The number of nitrogens with zero attached hydrogens (tertiary/aromatic N) is 1. The van der Waals surface area contributed by atoms with Gasteiger partial charge in [-0.25, -0.2) is 9.78 Å². The molecule has 1 amide bonds. The van der Waals surface area contributed by atoms with Gasteiger partial charge in [-0.1, -0.05) is 48.0 Å². The molecule has 0 aliphatic rings. The average molecular weight is 434 g/mol. The van der Waals surface area contributed by atoms with Crippen molar-refractivity contribution >= 4 is 40.2 Å². The van der Waals surface area contributed by atoms with Gasteiger partial charge < -0.3 is 15.0 Å². The number of anilines is 1. The molecule has 0 unspecified atom stereocenters. The van der Waals surface area contributed by atoms with Crippen LogP contribution in [0.2, 0.25) is 5.02 Å². The Morgan fingerprint density at radius 2 is 1.84 bits per heavy atom. The number of esters is 1. The number of halogens is 1. The highest BCUT2D eigenvalue weighted by Gasteiger charge is 2.24. The van der Waals surface area contributed by atoms with E-state index in [0.29, 0.717) is 22.1 Å². The molecule has 31 heavy (non-hydrogen) atoms. The highest BCUT2D eigenvalue weighted by Crippen LogP contribution is 2.28. The predicted molar refractivity (Wildman–Crippen MR) is 120 cm³/mol. The van der Waals surface area contributed by atoms with Crippen LogP contribution in [0, 0.1) is 6.92 Å². The fourth-order valence-electron chi connectivity index (χ4n) is 3.28. The summed E-state index contributed by atoms with van der Waals surface area (Å²) in [7, 11) is 0. The molecule has 2 N–H and O–H groups in total. The number of amides is 1. The highest BCUT2D eigenvalue weighted by atomic mass is 35.5. The minimum Gasteiger partial charge on any atom is -0.446 e. The molecule has 4 rings (SSSR count). The molecular weight excluding hydrogens is 414 g/mol. The van der Waals surface area contributed by atoms with Crippen LogP contribution < -0.4 is 5.32 Å². The molecule has 0 bridgehead atoms. The number of fused-ring (bicyclic) bond motifs is 1. The van der Waals surface area contributed by atoms with Gasteiger partial charge in [0.1, 0.15) is 0 Å². The van der Waals surface area contributed by atoms with E-state index < -0.39 is 12.1 Å². The zero-order valence-electron chi connectivity index (χ0n) is 17.0. The lowest BCUT2D eigenvalue weighted by Crippen LogP contribution is -2.15. The number of carbonyl (C=O) groups excluding carboxylic acids is 2. The summed E-state index contributed by atoms with van der Waals surface area (Å²) in [6.45, 7) is 3.27. The summed E-state index contributed by atoms with van der Waals surface area (Å²) in [6, 6.07) is 19.8. The SMILES string of the molecule is CC(=O)Nc1cc(C(=O)O[C@H](c2ccccc2)c2nc3ccc(Cl)cc3[nH]2)ccc1C. The molecule has 156 valence electrons. The molecule has 3 aromatic carbocycles. The summed E-state index contributed by atoms with van der Waals surface area (Å²) in [5, 5.41) is 3.31. The van der Waals surface area contributed by atoms with Gasteiger partial charge in [0.05, 0.1) is 16.6 Å². The number of ether oxygens (including phenoxy) is 1. The number of imidazole rings is 1. The maximum atomic E-state index is 13.0. The van der Waals surface area contributed by atoms with E-state index in [2.05, 4.69) is 15.3 Å². The van der Waals surface area contributed by atoms with Crippen LogP contribution in [0.3, 0.4) is 0 Å². The maximum absolute atomic E-state index is 13.0. The lowest BCUT2D eigenvalue weighted by atomic mass is 10.1. The summed E-state index contributed by atoms with van der Waals surface area (Å²) < 4.78 is 5.89. The van der Waals surface area contributed by atoms with Crippen LogP contribution in [0.5, 0.6) is 0 Å². The molecule has 0 saturated carbocycles. The normalized spacial score (nSPS) is 11.8. The van der Waals surface area contributed by atoms with E-state index in [9.17, 15) is 9.59 Å². The van der Waals surface area contributed by atoms with Gasteiger partial charge in [0, 0.05) is 23.2 Å². The third kappa shape index (κ3) is 4.59. The van der Waals surface area contributed by atoms with Crippen molar-refractivity contribution in [1.82, 2.24) is 9.97 Å². The number of carbonyl (C=O) groups is 2. The number of aryl methyl sites for hydroxylation is 1. The van der Waals surface area contributed by atoms with Gasteiger partial charge in [-0.05, 0) is 42.8 Å². The molecule has 6 nitrogen and oxygen atoms in total. The van der Waals surface area contributed by atoms with E-state index in [1.54, 1.807) is 36.4 Å². The Labute approximate surface area is 184 Å². The predicted octanol–water partition coefficient (Wildman–Crippen LogP) is 5.43. The lowest BCUT2D eigenvalue weighted by molar-refractivity contribution is -0.114. The number of hydrogen-bond acceptors (Lipinski definition) is 4. The number of H-pyrrole nitrogens is 1. The van der Waals surface area contributed by atoms with Gasteiger partial charge in [-0.2, -0.15) is 0 Å². The molecular formula is C24H20ClN3O3. The molecule has 0 radical (unpaired) electrons. The van der Waals surface area contributed by atoms with Crippen LogP contribution in [-0.4, -0.2) is 21.8 Å². The van der Waals surface area contributed by atoms with Crippen LogP contribution >= 0.6 is 11.6 Å². The first-order valence-corrected chi connectivity index (χ1v) is 10.1. The standard InChI is InChI=1S/C24H20ClN3O3/c1-14-8-9-17(12-20(14)26-15(2)29)24(30)31-22(16-6-4-3-5-7-16)23-27-19-11-10-18(25)13-21(19)28-23/h3-13,22H,1-2H3,(H,26,29)(H,27,28)/t22-/m1/s1. The second-order valence-corrected chi connectivity index (χ2v) is 7.63. The highest BCUT2D eigenvalue weighted by molar-refractivity contribution is 6.31. The first-order valence-electron chi connectivity index (χ1n) is 9.70. The third-order valence-electron chi connectivity index (χ3n) is 4.82. The van der Waals surface area contributed by atoms with E-state index in [-0.39, 0.29) is 5.91 Å². The smallest absolute Gasteiger partial charge is 0.339 e. The molecule has 4 aromatic rings. The molecule has 0 fully saturated rings. The summed E-state index contributed by atoms with van der Waals surface area (Å²) in [6.07, 6.45) is -0.745. The number of benzene rings is 3. The summed E-state index contributed by atoms with van der Waals surface area (Å²) in [4.78, 5) is 32.3. The van der Waals surface area contributed by atoms with Crippen molar-refractivity contribution in [1.29, 1.82) is 0 Å². The van der Waals surface area contributed by atoms with Crippen LogP contribution in [0.1, 0.15) is 40.3 Å². The molecule has 1 atom stereocenters. The zero-order chi connectivity index (χ0) is 22.0. The Hall–Kier alpha value is -3.64. The molecule has 0 aliphatic heterocycles. The summed E-state index contributed by atoms with van der Waals surface area (Å²) in [5.41, 5.74) is 3.99. The molecule has 1 heterocycles. The van der Waals surface area contributed by atoms with Crippen molar-refractivity contribution < 1.29 is 14.3 Å². The average Bonchev–Trinajstić information content (AvgIpc) is 3.16. The van der Waals surface area contributed by atoms with Crippen LogP contribution in [-0.2, 0) is 9.53 Å². The van der Waals surface area contributed by atoms with E-state index in [1.807, 2.05) is 37.3 Å². The Bertz CT molecular complexity index is 1270. The van der Waals surface area contributed by atoms with Crippen LogP contribution in [0.4, 0.5) is 5.69 Å². The first kappa shape index (κ1) is 20.6. The van der Waals surface area contributed by atoms with Crippen molar-refractivity contribution in [3.8, 4) is 0 Å². The molecule has 0 saturated heterocycles. The second kappa shape index (κ2) is 8.62. The van der Waals surface area contributed by atoms with Crippen molar-refractivity contribution in [2.75, 3.05) is 5.32 Å². The topological polar surface area (TPSA) is 84.1 Å². The zero-order valence-corrected chi connectivity index (χ0v) is 17.7. The Morgan fingerprint density at radius 1 is 1.06 bits per heavy atom. The largest absolute Gasteiger partial charge is 0.446 e. The number of aromatic nitrogens is 2. The van der Waals surface area contributed by atoms with Gasteiger partial charge in [-0.3, -0.25) is 4.79 Å². The molecule has 1 aromatic heterocycles. The lowest BCUT2D eigenvalue weighted by Gasteiger charge is -2.17. The van der Waals surface area contributed by atoms with E-state index in [0.717, 1.165) is 22.2 Å². The monoisotopic (exact) mass is 433 g/mol. The van der Waals surface area contributed by atoms with Crippen LogP contribution in [0.25, 0.3) is 11.0 Å². The van der Waals surface area contributed by atoms with Gasteiger partial charge in [0.15, 0.2) is 11.9 Å². The molecule has 0 aliphatic carbocycles. The Kier molecular flexibility index (Phi) is 5.73. The minimum atomic E-state index is -0.745. The van der Waals surface area contributed by atoms with Crippen molar-refractivity contribution in [3.63, 3.8) is 0 Å². The van der Waals surface area contributed by atoms with Gasteiger partial charge in [0.2, 0.25) is 5.91 Å². The quantitative estimate of drug-likeness (QED) is 0.411. The fraction of sp³-hybridized carbons (Fsp3) is 0.125. The summed E-state index contributed by atoms with van der Waals surface area (Å²) >= 11 is 6.09. The number of rotatable bonds is 5. The van der Waals surface area contributed by atoms with Gasteiger partial charge in [-0.15, -0.1) is 0 Å². The van der Waals surface area contributed by atoms with E-state index >= 15 is 0 Å². The fourth-order valence-corrected chi connectivity index (χ4v) is 3.46. The van der Waals surface area contributed by atoms with Crippen molar-refractivity contribution in [3.05, 3.63) is 94.3 Å². The van der Waals surface area contributed by atoms with Crippen molar-refractivity contribution in [2.45, 2.75) is 20.0 Å². The maximum Gasteiger partial charge on any atom is 0.339 e. The van der Waals surface area contributed by atoms with Crippen molar-refractivity contribution in [2.24, 2.45) is 0 Å².